The summed E-state index contributed by atoms with van der Waals surface area (Å²) in [5, 5.41) is 2.70. The predicted molar refractivity (Wildman–Crippen MR) is 91.1 cm³/mol. The second kappa shape index (κ2) is 6.86. The van der Waals surface area contributed by atoms with E-state index >= 15 is 0 Å². The summed E-state index contributed by atoms with van der Waals surface area (Å²) in [6.45, 7) is 2.88. The highest BCUT2D eigenvalue weighted by molar-refractivity contribution is 5.95. The second-order valence-electron chi connectivity index (χ2n) is 6.63. The van der Waals surface area contributed by atoms with Crippen LogP contribution in [0.3, 0.4) is 0 Å². The maximum atomic E-state index is 12.7. The zero-order chi connectivity index (χ0) is 18.1. The van der Waals surface area contributed by atoms with Crippen LogP contribution < -0.4 is 14.8 Å². The van der Waals surface area contributed by atoms with Gasteiger partial charge in [-0.1, -0.05) is 0 Å². The molecule has 0 aromatic heterocycles. The van der Waals surface area contributed by atoms with Crippen molar-refractivity contribution in [2.75, 3.05) is 39.4 Å². The molecule has 0 radical (unpaired) electrons. The van der Waals surface area contributed by atoms with E-state index in [0.717, 1.165) is 0 Å². The average Bonchev–Trinajstić information content (AvgIpc) is 3.13. The Kier molecular flexibility index (Phi) is 4.40. The van der Waals surface area contributed by atoms with Crippen LogP contribution >= 0.6 is 0 Å². The first kappa shape index (κ1) is 16.7. The number of nitrogens with zero attached hydrogens (tertiary/aromatic N) is 2. The Morgan fingerprint density at radius 2 is 1.69 bits per heavy atom. The molecule has 1 aromatic rings. The van der Waals surface area contributed by atoms with Crippen molar-refractivity contribution < 1.29 is 23.9 Å². The van der Waals surface area contributed by atoms with Crippen LogP contribution in [-0.4, -0.2) is 73.0 Å². The lowest BCUT2D eigenvalue weighted by atomic mass is 10.1. The van der Waals surface area contributed by atoms with Crippen LogP contribution in [0.1, 0.15) is 23.2 Å². The number of rotatable bonds is 2. The molecule has 2 fully saturated rings. The standard InChI is InChI=1S/C18H21N3O5/c22-16-4-2-13(19-16)18(24)21-7-5-20(6-8-21)17(23)12-1-3-14-15(11-12)26-10-9-25-14/h1,3,11,13H,2,4-10H2,(H,19,22). The number of carbonyl (C=O) groups is 3. The van der Waals surface area contributed by atoms with Gasteiger partial charge in [-0.3, -0.25) is 14.4 Å². The number of piperazine rings is 1. The molecule has 26 heavy (non-hydrogen) atoms. The lowest BCUT2D eigenvalue weighted by Crippen LogP contribution is -2.54. The fraction of sp³-hybridized carbons (Fsp3) is 0.500. The first-order valence-corrected chi connectivity index (χ1v) is 8.89. The summed E-state index contributed by atoms with van der Waals surface area (Å²) in [7, 11) is 0. The Morgan fingerprint density at radius 1 is 1.00 bits per heavy atom. The Hall–Kier alpha value is -2.77. The van der Waals surface area contributed by atoms with Crippen molar-refractivity contribution in [3.63, 3.8) is 0 Å². The van der Waals surface area contributed by atoms with Crippen molar-refractivity contribution >= 4 is 17.7 Å². The van der Waals surface area contributed by atoms with Gasteiger partial charge in [0, 0.05) is 38.2 Å². The highest BCUT2D eigenvalue weighted by atomic mass is 16.6. The zero-order valence-corrected chi connectivity index (χ0v) is 14.4. The van der Waals surface area contributed by atoms with Crippen molar-refractivity contribution in [2.45, 2.75) is 18.9 Å². The molecule has 0 saturated carbocycles. The molecule has 1 unspecified atom stereocenters. The van der Waals surface area contributed by atoms with Crippen molar-refractivity contribution in [3.05, 3.63) is 23.8 Å². The molecule has 1 N–H and O–H groups in total. The molecule has 0 aliphatic carbocycles. The van der Waals surface area contributed by atoms with Gasteiger partial charge in [0.15, 0.2) is 11.5 Å². The minimum absolute atomic E-state index is 0.0534. The quantitative estimate of drug-likeness (QED) is 0.804. The molecule has 4 rings (SSSR count). The molecule has 3 heterocycles. The summed E-state index contributed by atoms with van der Waals surface area (Å²) in [4.78, 5) is 39.9. The van der Waals surface area contributed by atoms with Gasteiger partial charge in [-0.25, -0.2) is 0 Å². The maximum Gasteiger partial charge on any atom is 0.254 e. The third kappa shape index (κ3) is 3.18. The van der Waals surface area contributed by atoms with Crippen molar-refractivity contribution in [1.82, 2.24) is 15.1 Å². The Balaban J connectivity index is 1.36. The average molecular weight is 359 g/mol. The Morgan fingerprint density at radius 3 is 2.38 bits per heavy atom. The summed E-state index contributed by atoms with van der Waals surface area (Å²) < 4.78 is 11.0. The molecule has 3 aliphatic heterocycles. The maximum absolute atomic E-state index is 12.7. The topological polar surface area (TPSA) is 88.2 Å². The highest BCUT2D eigenvalue weighted by Gasteiger charge is 2.33. The van der Waals surface area contributed by atoms with Gasteiger partial charge < -0.3 is 24.6 Å². The van der Waals surface area contributed by atoms with Crippen LogP contribution in [0.15, 0.2) is 18.2 Å². The van der Waals surface area contributed by atoms with E-state index < -0.39 is 6.04 Å². The van der Waals surface area contributed by atoms with Gasteiger partial charge in [0.05, 0.1) is 0 Å². The van der Waals surface area contributed by atoms with Crippen LogP contribution in [0.2, 0.25) is 0 Å². The zero-order valence-electron chi connectivity index (χ0n) is 14.4. The van der Waals surface area contributed by atoms with E-state index in [4.69, 9.17) is 9.47 Å². The van der Waals surface area contributed by atoms with Gasteiger partial charge in [-0.05, 0) is 24.6 Å². The van der Waals surface area contributed by atoms with Crippen molar-refractivity contribution in [2.24, 2.45) is 0 Å². The highest BCUT2D eigenvalue weighted by Crippen LogP contribution is 2.31. The third-order valence-electron chi connectivity index (χ3n) is 4.96. The van der Waals surface area contributed by atoms with E-state index in [0.29, 0.717) is 69.3 Å². The molecule has 0 bridgehead atoms. The number of carbonyl (C=O) groups excluding carboxylic acids is 3. The number of hydrogen-bond acceptors (Lipinski definition) is 5. The number of amides is 3. The molecular weight excluding hydrogens is 338 g/mol. The van der Waals surface area contributed by atoms with Gasteiger partial charge in [-0.2, -0.15) is 0 Å². The Bertz CT molecular complexity index is 742. The van der Waals surface area contributed by atoms with E-state index in [2.05, 4.69) is 5.32 Å². The van der Waals surface area contributed by atoms with E-state index in [1.54, 1.807) is 28.0 Å². The minimum atomic E-state index is -0.414. The lowest BCUT2D eigenvalue weighted by molar-refractivity contribution is -0.135. The third-order valence-corrected chi connectivity index (χ3v) is 4.96. The van der Waals surface area contributed by atoms with Crippen LogP contribution in [0.5, 0.6) is 11.5 Å². The first-order chi connectivity index (χ1) is 12.6. The molecule has 8 heteroatoms. The van der Waals surface area contributed by atoms with Crippen LogP contribution in [0.25, 0.3) is 0 Å². The van der Waals surface area contributed by atoms with Crippen LogP contribution in [0.4, 0.5) is 0 Å². The van der Waals surface area contributed by atoms with Crippen molar-refractivity contribution in [3.8, 4) is 11.5 Å². The number of ether oxygens (including phenoxy) is 2. The molecule has 1 aromatic carbocycles. The molecule has 2 saturated heterocycles. The largest absolute Gasteiger partial charge is 0.486 e. The molecule has 3 aliphatic rings. The smallest absolute Gasteiger partial charge is 0.254 e. The van der Waals surface area contributed by atoms with Gasteiger partial charge >= 0.3 is 0 Å². The molecule has 3 amide bonds. The fourth-order valence-electron chi connectivity index (χ4n) is 3.51. The molecule has 138 valence electrons. The summed E-state index contributed by atoms with van der Waals surface area (Å²) in [6, 6.07) is 4.79. The Labute approximate surface area is 151 Å². The number of nitrogens with one attached hydrogen (secondary N) is 1. The summed E-state index contributed by atoms with van der Waals surface area (Å²) >= 11 is 0. The van der Waals surface area contributed by atoms with E-state index in [9.17, 15) is 14.4 Å². The van der Waals surface area contributed by atoms with Crippen LogP contribution in [0, 0.1) is 0 Å². The molecule has 8 nitrogen and oxygen atoms in total. The summed E-state index contributed by atoms with van der Waals surface area (Å²) in [5.41, 5.74) is 0.553. The summed E-state index contributed by atoms with van der Waals surface area (Å²) in [6.07, 6.45) is 0.951. The molecule has 1 atom stereocenters. The predicted octanol–water partition coefficient (Wildman–Crippen LogP) is 0.0208. The normalized spacial score (nSPS) is 22.2. The second-order valence-corrected chi connectivity index (χ2v) is 6.63. The van der Waals surface area contributed by atoms with Gasteiger partial charge in [-0.15, -0.1) is 0 Å². The van der Waals surface area contributed by atoms with Crippen LogP contribution in [-0.2, 0) is 9.59 Å². The lowest BCUT2D eigenvalue weighted by Gasteiger charge is -2.36. The fourth-order valence-corrected chi connectivity index (χ4v) is 3.51. The van der Waals surface area contributed by atoms with Gasteiger partial charge in [0.1, 0.15) is 19.3 Å². The molecule has 0 spiro atoms. The van der Waals surface area contributed by atoms with E-state index in [-0.39, 0.29) is 17.7 Å². The molecular formula is C18H21N3O5. The number of fused-ring (bicyclic) bond motifs is 1. The van der Waals surface area contributed by atoms with E-state index in [1.165, 1.54) is 0 Å². The van der Waals surface area contributed by atoms with Gasteiger partial charge in [0.2, 0.25) is 11.8 Å². The minimum Gasteiger partial charge on any atom is -0.486 e. The number of hydrogen-bond donors (Lipinski definition) is 1. The van der Waals surface area contributed by atoms with Gasteiger partial charge in [0.25, 0.3) is 5.91 Å². The first-order valence-electron chi connectivity index (χ1n) is 8.89. The monoisotopic (exact) mass is 359 g/mol. The van der Waals surface area contributed by atoms with E-state index in [1.807, 2.05) is 0 Å². The SMILES string of the molecule is O=C1CCC(C(=O)N2CCN(C(=O)c3ccc4c(c3)OCCO4)CC2)N1. The van der Waals surface area contributed by atoms with Crippen molar-refractivity contribution in [1.29, 1.82) is 0 Å². The summed E-state index contributed by atoms with van der Waals surface area (Å²) in [5.74, 6) is 1.04. The number of benzene rings is 1.